The van der Waals surface area contributed by atoms with E-state index in [4.69, 9.17) is 10.5 Å². The predicted molar refractivity (Wildman–Crippen MR) is 198 cm³/mol. The fourth-order valence-corrected chi connectivity index (χ4v) is 6.18. The van der Waals surface area contributed by atoms with Gasteiger partial charge >= 0.3 is 5.97 Å². The van der Waals surface area contributed by atoms with E-state index < -0.39 is 103 Å². The lowest BCUT2D eigenvalue weighted by Gasteiger charge is -2.32. The minimum absolute atomic E-state index is 0.0624. The van der Waals surface area contributed by atoms with E-state index in [1.807, 2.05) is 6.92 Å². The van der Waals surface area contributed by atoms with Crippen molar-refractivity contribution in [3.05, 3.63) is 35.9 Å². The molecule has 18 nitrogen and oxygen atoms in total. The van der Waals surface area contributed by atoms with Gasteiger partial charge in [-0.25, -0.2) is 4.79 Å². The van der Waals surface area contributed by atoms with Crippen LogP contribution in [0.5, 0.6) is 0 Å². The molecule has 1 aromatic rings. The summed E-state index contributed by atoms with van der Waals surface area (Å²) in [6, 6.07) is 0.984. The second kappa shape index (κ2) is 22.3. The van der Waals surface area contributed by atoms with Gasteiger partial charge in [-0.3, -0.25) is 33.6 Å². The van der Waals surface area contributed by atoms with Gasteiger partial charge in [0.05, 0.1) is 26.2 Å². The summed E-state index contributed by atoms with van der Waals surface area (Å²) < 4.78 is 4.87. The number of nitrogens with zero attached hydrogens (tertiary/aromatic N) is 1. The molecular weight excluding hydrogens is 718 g/mol. The quantitative estimate of drug-likeness (QED) is 0.0643. The number of rotatable bonds is 21. The molecule has 7 amide bonds. The van der Waals surface area contributed by atoms with Gasteiger partial charge in [0.2, 0.25) is 35.4 Å². The van der Waals surface area contributed by atoms with Crippen LogP contribution in [0, 0.1) is 11.8 Å². The van der Waals surface area contributed by atoms with Gasteiger partial charge in [0.25, 0.3) is 5.91 Å². The number of benzene rings is 1. The zero-order chi connectivity index (χ0) is 41.4. The molecule has 1 aliphatic heterocycles. The van der Waals surface area contributed by atoms with Crippen molar-refractivity contribution in [3.63, 3.8) is 0 Å². The molecule has 0 aliphatic carbocycles. The number of methoxy groups -OCH3 is 1. The first kappa shape index (κ1) is 46.1. The summed E-state index contributed by atoms with van der Waals surface area (Å²) in [7, 11) is 1.21. The van der Waals surface area contributed by atoms with Crippen LogP contribution in [0.15, 0.2) is 30.3 Å². The van der Waals surface area contributed by atoms with Crippen LogP contribution in [0.3, 0.4) is 0 Å². The molecule has 8 atom stereocenters. The van der Waals surface area contributed by atoms with Gasteiger partial charge in [-0.15, -0.1) is 0 Å². The maximum atomic E-state index is 13.9. The largest absolute Gasteiger partial charge is 0.467 e. The number of esters is 1. The minimum Gasteiger partial charge on any atom is -0.467 e. The Kier molecular flexibility index (Phi) is 18.7. The Hall–Kier alpha value is -5.10. The molecule has 0 saturated carbocycles. The van der Waals surface area contributed by atoms with Crippen molar-refractivity contribution in [2.24, 2.45) is 17.6 Å². The van der Waals surface area contributed by atoms with E-state index in [9.17, 15) is 48.6 Å². The molecule has 1 fully saturated rings. The highest BCUT2D eigenvalue weighted by molar-refractivity contribution is 5.96. The van der Waals surface area contributed by atoms with Gasteiger partial charge in [0.15, 0.2) is 6.10 Å². The standard InChI is InChI=1S/C37H57N7O11/c1-7-21(4)30(37(54)55-6)43-35(52)28-14-11-15-44(28)36(53)31(48)24(17-23-12-9-8-10-13-23)40-33(50)26(18-29(38)47)42-32(49)25(16-20(2)3)41-34(51)27(19-45)39-22(5)46/h8-10,12-13,20-21,24-28,30-31,45,48H,7,11,14-19H2,1-6H3,(H2,38,47)(H,39,46)(H,40,50)(H,41,51)(H,42,49)(H,43,52)/t21-,24-,25-,26-,27-,28-,30-,31+/m0/s1. The number of primary amides is 1. The van der Waals surface area contributed by atoms with Gasteiger partial charge < -0.3 is 52.2 Å². The highest BCUT2D eigenvalue weighted by atomic mass is 16.5. The lowest BCUT2D eigenvalue weighted by Crippen LogP contribution is -2.61. The van der Waals surface area contributed by atoms with Crippen LogP contribution in [-0.2, 0) is 49.5 Å². The van der Waals surface area contributed by atoms with Crippen LogP contribution in [0.4, 0.5) is 0 Å². The summed E-state index contributed by atoms with van der Waals surface area (Å²) >= 11 is 0. The number of carbonyl (C=O) groups excluding carboxylic acids is 8. The normalized spacial score (nSPS) is 17.7. The van der Waals surface area contributed by atoms with Crippen LogP contribution in [-0.4, -0.2) is 125 Å². The maximum absolute atomic E-state index is 13.9. The number of ether oxygens (including phenoxy) is 1. The number of hydrogen-bond acceptors (Lipinski definition) is 11. The highest BCUT2D eigenvalue weighted by Gasteiger charge is 2.42. The highest BCUT2D eigenvalue weighted by Crippen LogP contribution is 2.22. The third-order valence-corrected chi connectivity index (χ3v) is 9.32. The molecular formula is C37H57N7O11. The SMILES string of the molecule is CC[C@H](C)[C@H](NC(=O)[C@@H]1CCCN1C(=O)[C@H](O)[C@H](Cc1ccccc1)NC(=O)[C@H](CC(N)=O)NC(=O)[C@H](CC(C)C)NC(=O)[C@H](CO)NC(C)=O)C(=O)OC. The first-order chi connectivity index (χ1) is 25.9. The van der Waals surface area contributed by atoms with Crippen molar-refractivity contribution >= 4 is 47.3 Å². The van der Waals surface area contributed by atoms with Crippen molar-refractivity contribution in [2.75, 3.05) is 20.3 Å². The van der Waals surface area contributed by atoms with Crippen molar-refractivity contribution in [1.82, 2.24) is 31.5 Å². The van der Waals surface area contributed by atoms with Crippen LogP contribution >= 0.6 is 0 Å². The number of hydrogen-bond donors (Lipinski definition) is 8. The zero-order valence-electron chi connectivity index (χ0n) is 32.3. The fourth-order valence-electron chi connectivity index (χ4n) is 6.18. The molecule has 18 heteroatoms. The third kappa shape index (κ3) is 14.2. The van der Waals surface area contributed by atoms with E-state index in [2.05, 4.69) is 26.6 Å². The van der Waals surface area contributed by atoms with Crippen LogP contribution < -0.4 is 32.3 Å². The van der Waals surface area contributed by atoms with E-state index in [0.29, 0.717) is 18.4 Å². The minimum atomic E-state index is -1.91. The van der Waals surface area contributed by atoms with Crippen molar-refractivity contribution < 1.29 is 53.3 Å². The van der Waals surface area contributed by atoms with Crippen LogP contribution in [0.25, 0.3) is 0 Å². The Morgan fingerprint density at radius 3 is 2.04 bits per heavy atom. The second-order valence-electron chi connectivity index (χ2n) is 14.2. The summed E-state index contributed by atoms with van der Waals surface area (Å²) in [6.07, 6.45) is -1.41. The van der Waals surface area contributed by atoms with Crippen LogP contribution in [0.1, 0.15) is 72.3 Å². The molecule has 1 aromatic carbocycles. The molecule has 0 aromatic heterocycles. The average molecular weight is 776 g/mol. The lowest BCUT2D eigenvalue weighted by molar-refractivity contribution is -0.150. The van der Waals surface area contributed by atoms with E-state index in [0.717, 1.165) is 6.92 Å². The van der Waals surface area contributed by atoms with E-state index >= 15 is 0 Å². The number of nitrogens with one attached hydrogen (secondary N) is 5. The Bertz CT molecular complexity index is 1510. The molecule has 1 saturated heterocycles. The van der Waals surface area contributed by atoms with Crippen molar-refractivity contribution in [3.8, 4) is 0 Å². The molecule has 1 aliphatic rings. The summed E-state index contributed by atoms with van der Waals surface area (Å²) in [6.45, 7) is 7.65. The molecule has 55 heavy (non-hydrogen) atoms. The third-order valence-electron chi connectivity index (χ3n) is 9.32. The maximum Gasteiger partial charge on any atom is 0.328 e. The smallest absolute Gasteiger partial charge is 0.328 e. The molecule has 0 bridgehead atoms. The van der Waals surface area contributed by atoms with E-state index in [1.54, 1.807) is 51.1 Å². The van der Waals surface area contributed by atoms with Crippen molar-refractivity contribution in [2.45, 2.75) is 115 Å². The summed E-state index contributed by atoms with van der Waals surface area (Å²) in [4.78, 5) is 105. The molecule has 1 heterocycles. The molecule has 2 rings (SSSR count). The number of nitrogens with two attached hydrogens (primary N) is 1. The predicted octanol–water partition coefficient (Wildman–Crippen LogP) is -1.84. The Morgan fingerprint density at radius 2 is 1.49 bits per heavy atom. The lowest BCUT2D eigenvalue weighted by atomic mass is 9.98. The summed E-state index contributed by atoms with van der Waals surface area (Å²) in [5, 5.41) is 33.6. The van der Waals surface area contributed by atoms with Gasteiger partial charge in [-0.2, -0.15) is 0 Å². The molecule has 306 valence electrons. The van der Waals surface area contributed by atoms with Gasteiger partial charge in [0.1, 0.15) is 30.2 Å². The fraction of sp³-hybridized carbons (Fsp3) is 0.622. The van der Waals surface area contributed by atoms with Crippen LogP contribution in [0.2, 0.25) is 0 Å². The summed E-state index contributed by atoms with van der Waals surface area (Å²) in [5.74, 6) is -6.85. The van der Waals surface area contributed by atoms with Gasteiger partial charge in [-0.1, -0.05) is 64.4 Å². The van der Waals surface area contributed by atoms with Crippen molar-refractivity contribution in [1.29, 1.82) is 0 Å². The molecule has 0 spiro atoms. The first-order valence-corrected chi connectivity index (χ1v) is 18.4. The average Bonchev–Trinajstić information content (AvgIpc) is 3.64. The molecule has 0 radical (unpaired) electrons. The van der Waals surface area contributed by atoms with Gasteiger partial charge in [0, 0.05) is 13.5 Å². The monoisotopic (exact) mass is 775 g/mol. The molecule has 9 N–H and O–H groups in total. The number of likely N-dealkylation sites (tertiary alicyclic amines) is 1. The van der Waals surface area contributed by atoms with E-state index in [-0.39, 0.29) is 37.6 Å². The number of aliphatic hydroxyl groups is 2. The zero-order valence-corrected chi connectivity index (χ0v) is 32.3. The Labute approximate surface area is 321 Å². The van der Waals surface area contributed by atoms with Gasteiger partial charge in [-0.05, 0) is 43.1 Å². The Morgan fingerprint density at radius 1 is 0.891 bits per heavy atom. The topological polar surface area (TPSA) is 276 Å². The van der Waals surface area contributed by atoms with E-state index in [1.165, 1.54) is 12.0 Å². The summed E-state index contributed by atoms with van der Waals surface area (Å²) in [5.41, 5.74) is 6.05. The first-order valence-electron chi connectivity index (χ1n) is 18.4. The molecule has 0 unspecified atom stereocenters. The number of carbonyl (C=O) groups is 8. The number of amides is 7. The number of aliphatic hydroxyl groups excluding tert-OH is 2. The second-order valence-corrected chi connectivity index (χ2v) is 14.2. The Balaban J connectivity index is 2.37.